The summed E-state index contributed by atoms with van der Waals surface area (Å²) >= 11 is 0. The van der Waals surface area contributed by atoms with Crippen molar-refractivity contribution in [3.8, 4) is 0 Å². The Hall–Kier alpha value is -1.06. The van der Waals surface area contributed by atoms with Crippen LogP contribution < -0.4 is 0 Å². The van der Waals surface area contributed by atoms with E-state index >= 15 is 0 Å². The maximum absolute atomic E-state index is 12.6. The Morgan fingerprint density at radius 1 is 0.381 bits per heavy atom. The van der Waals surface area contributed by atoms with Gasteiger partial charge >= 0.3 is 11.9 Å². The van der Waals surface area contributed by atoms with Crippen molar-refractivity contribution in [1.29, 1.82) is 0 Å². The zero-order chi connectivity index (χ0) is 31.0. The minimum absolute atomic E-state index is 0.192. The van der Waals surface area contributed by atoms with Crippen molar-refractivity contribution in [3.63, 3.8) is 0 Å². The number of carbonyl (C=O) groups is 2. The molecule has 2 N–H and O–H groups in total. The molecule has 0 heterocycles. The van der Waals surface area contributed by atoms with Crippen LogP contribution in [0.1, 0.15) is 226 Å². The highest BCUT2D eigenvalue weighted by molar-refractivity contribution is 5.74. The van der Waals surface area contributed by atoms with Crippen LogP contribution in [0.4, 0.5) is 0 Å². The van der Waals surface area contributed by atoms with Crippen molar-refractivity contribution < 1.29 is 19.8 Å². The average molecular weight is 595 g/mol. The van der Waals surface area contributed by atoms with Gasteiger partial charge in [0.2, 0.25) is 0 Å². The third kappa shape index (κ3) is 26.6. The monoisotopic (exact) mass is 595 g/mol. The molecule has 0 saturated heterocycles. The molecule has 0 atom stereocenters. The predicted molar refractivity (Wildman–Crippen MR) is 181 cm³/mol. The summed E-state index contributed by atoms with van der Waals surface area (Å²) in [5.74, 6) is -1.36. The van der Waals surface area contributed by atoms with Crippen LogP contribution in [0.5, 0.6) is 0 Å². The molecule has 42 heavy (non-hydrogen) atoms. The van der Waals surface area contributed by atoms with Crippen molar-refractivity contribution in [2.75, 3.05) is 0 Å². The zero-order valence-electron chi connectivity index (χ0n) is 28.5. The summed E-state index contributed by atoms with van der Waals surface area (Å²) in [5.41, 5.74) is -0.612. The minimum atomic E-state index is -0.751. The average Bonchev–Trinajstić information content (AvgIpc) is 2.97. The summed E-state index contributed by atoms with van der Waals surface area (Å²) in [6.07, 6.45) is 38.7. The van der Waals surface area contributed by atoms with Gasteiger partial charge in [-0.05, 0) is 25.7 Å². The van der Waals surface area contributed by atoms with Crippen LogP contribution in [0.25, 0.3) is 0 Å². The number of unbranched alkanes of at least 4 members (excludes halogenated alkanes) is 26. The summed E-state index contributed by atoms with van der Waals surface area (Å²) in [4.78, 5) is 23.5. The first-order valence-electron chi connectivity index (χ1n) is 18.9. The fourth-order valence-corrected chi connectivity index (χ4v) is 6.57. The van der Waals surface area contributed by atoms with E-state index in [2.05, 4.69) is 13.8 Å². The van der Waals surface area contributed by atoms with Gasteiger partial charge in [-0.2, -0.15) is 0 Å². The first kappa shape index (κ1) is 40.9. The standard InChI is InChI=1S/C38H74O4/c1-3-5-7-9-11-13-15-17-19-21-23-25-29-33-38(37(41)42,35-31-27-28-32-36(39)40)34-30-26-24-22-20-18-16-14-12-10-8-6-4-2/h3-35H2,1-2H3,(H,39,40)(H,41,42). The highest BCUT2D eigenvalue weighted by Gasteiger charge is 2.36. The maximum atomic E-state index is 12.6. The molecule has 0 aromatic rings. The van der Waals surface area contributed by atoms with Crippen molar-refractivity contribution in [3.05, 3.63) is 0 Å². The lowest BCUT2D eigenvalue weighted by atomic mass is 9.74. The van der Waals surface area contributed by atoms with Crippen LogP contribution in [0.3, 0.4) is 0 Å². The summed E-state index contributed by atoms with van der Waals surface area (Å²) in [6, 6.07) is 0. The molecule has 0 aliphatic carbocycles. The van der Waals surface area contributed by atoms with E-state index in [1.54, 1.807) is 0 Å². The third-order valence-electron chi connectivity index (χ3n) is 9.52. The van der Waals surface area contributed by atoms with Gasteiger partial charge in [0.15, 0.2) is 0 Å². The second kappa shape index (κ2) is 31.4. The molecule has 0 aliphatic rings. The molecular formula is C38H74O4. The van der Waals surface area contributed by atoms with Crippen molar-refractivity contribution in [1.82, 2.24) is 0 Å². The largest absolute Gasteiger partial charge is 0.481 e. The Bertz CT molecular complexity index is 558. The van der Waals surface area contributed by atoms with Crippen molar-refractivity contribution in [2.24, 2.45) is 5.41 Å². The fraction of sp³-hybridized carbons (Fsp3) is 0.947. The Labute approximate surface area is 262 Å². The highest BCUT2D eigenvalue weighted by Crippen LogP contribution is 2.38. The molecule has 250 valence electrons. The van der Waals surface area contributed by atoms with Crippen LogP contribution in [0.15, 0.2) is 0 Å². The minimum Gasteiger partial charge on any atom is -0.481 e. The molecule has 0 amide bonds. The number of carboxylic acids is 2. The normalized spacial score (nSPS) is 11.8. The number of aliphatic carboxylic acids is 2. The Balaban J connectivity index is 4.26. The van der Waals surface area contributed by atoms with E-state index < -0.39 is 17.4 Å². The quantitative estimate of drug-likeness (QED) is 0.0716. The van der Waals surface area contributed by atoms with Gasteiger partial charge in [0.25, 0.3) is 0 Å². The topological polar surface area (TPSA) is 74.6 Å². The maximum Gasteiger partial charge on any atom is 0.309 e. The second-order valence-corrected chi connectivity index (χ2v) is 13.5. The van der Waals surface area contributed by atoms with E-state index in [0.717, 1.165) is 51.4 Å². The van der Waals surface area contributed by atoms with Gasteiger partial charge in [0.1, 0.15) is 0 Å². The molecule has 0 aliphatic heterocycles. The Kier molecular flexibility index (Phi) is 30.6. The summed E-state index contributed by atoms with van der Waals surface area (Å²) in [6.45, 7) is 4.54. The predicted octanol–water partition coefficient (Wildman–Crippen LogP) is 13.1. The van der Waals surface area contributed by atoms with Gasteiger partial charge in [-0.1, -0.05) is 194 Å². The first-order chi connectivity index (χ1) is 20.5. The fourth-order valence-electron chi connectivity index (χ4n) is 6.57. The van der Waals surface area contributed by atoms with Crippen LogP contribution in [0, 0.1) is 5.41 Å². The van der Waals surface area contributed by atoms with E-state index in [4.69, 9.17) is 5.11 Å². The molecule has 0 bridgehead atoms. The lowest BCUT2D eigenvalue weighted by Crippen LogP contribution is -2.31. The summed E-state index contributed by atoms with van der Waals surface area (Å²) in [5, 5.41) is 19.3. The molecule has 0 aromatic carbocycles. The molecule has 4 heteroatoms. The number of hydrogen-bond donors (Lipinski definition) is 2. The van der Waals surface area contributed by atoms with Crippen molar-refractivity contribution in [2.45, 2.75) is 226 Å². The van der Waals surface area contributed by atoms with E-state index in [1.807, 2.05) is 0 Å². The molecule has 4 nitrogen and oxygen atoms in total. The summed E-state index contributed by atoms with van der Waals surface area (Å²) < 4.78 is 0. The number of hydrogen-bond acceptors (Lipinski definition) is 2. The molecule has 0 unspecified atom stereocenters. The van der Waals surface area contributed by atoms with Crippen LogP contribution in [-0.4, -0.2) is 22.2 Å². The highest BCUT2D eigenvalue weighted by atomic mass is 16.4. The molecule has 0 rings (SSSR count). The van der Waals surface area contributed by atoms with Gasteiger partial charge in [0.05, 0.1) is 5.41 Å². The number of carboxylic acid groups (broad SMARTS) is 2. The smallest absolute Gasteiger partial charge is 0.309 e. The van der Waals surface area contributed by atoms with Gasteiger partial charge in [-0.25, -0.2) is 0 Å². The molecular weight excluding hydrogens is 520 g/mol. The summed E-state index contributed by atoms with van der Waals surface area (Å²) in [7, 11) is 0. The van der Waals surface area contributed by atoms with Gasteiger partial charge in [-0.15, -0.1) is 0 Å². The third-order valence-corrected chi connectivity index (χ3v) is 9.52. The van der Waals surface area contributed by atoms with Crippen LogP contribution >= 0.6 is 0 Å². The SMILES string of the molecule is CCCCCCCCCCCCCCCC(CCCCCCCCCCCCCCC)(CCCCCC(=O)O)C(=O)O. The molecule has 0 spiro atoms. The molecule has 0 fully saturated rings. The first-order valence-corrected chi connectivity index (χ1v) is 18.9. The van der Waals surface area contributed by atoms with Crippen LogP contribution in [-0.2, 0) is 9.59 Å². The molecule has 0 aromatic heterocycles. The van der Waals surface area contributed by atoms with E-state index in [0.29, 0.717) is 12.8 Å². The second-order valence-electron chi connectivity index (χ2n) is 13.5. The van der Waals surface area contributed by atoms with Crippen LogP contribution in [0.2, 0.25) is 0 Å². The van der Waals surface area contributed by atoms with Crippen molar-refractivity contribution >= 4 is 11.9 Å². The lowest BCUT2D eigenvalue weighted by molar-refractivity contribution is -0.151. The Morgan fingerprint density at radius 3 is 0.857 bits per heavy atom. The van der Waals surface area contributed by atoms with E-state index in [-0.39, 0.29) is 6.42 Å². The number of rotatable bonds is 35. The zero-order valence-corrected chi connectivity index (χ0v) is 28.5. The molecule has 0 radical (unpaired) electrons. The Morgan fingerprint density at radius 2 is 0.619 bits per heavy atom. The lowest BCUT2D eigenvalue weighted by Gasteiger charge is -2.30. The van der Waals surface area contributed by atoms with Gasteiger partial charge in [0, 0.05) is 6.42 Å². The van der Waals surface area contributed by atoms with Gasteiger partial charge in [-0.3, -0.25) is 9.59 Å². The molecule has 0 saturated carbocycles. The van der Waals surface area contributed by atoms with E-state index in [9.17, 15) is 14.7 Å². The van der Waals surface area contributed by atoms with Gasteiger partial charge < -0.3 is 10.2 Å². The van der Waals surface area contributed by atoms with E-state index in [1.165, 1.54) is 141 Å².